The van der Waals surface area contributed by atoms with Gasteiger partial charge in [0.05, 0.1) is 6.10 Å². The Morgan fingerprint density at radius 1 is 1.42 bits per heavy atom. The summed E-state index contributed by atoms with van der Waals surface area (Å²) in [6, 6.07) is 0. The van der Waals surface area contributed by atoms with Crippen LogP contribution in [-0.4, -0.2) is 40.8 Å². The van der Waals surface area contributed by atoms with Crippen molar-refractivity contribution in [3.05, 3.63) is 11.9 Å². The molecule has 0 aromatic carbocycles. The lowest BCUT2D eigenvalue weighted by Gasteiger charge is -2.32. The van der Waals surface area contributed by atoms with Crippen LogP contribution >= 0.6 is 0 Å². The number of piperidine rings is 1. The topological polar surface area (TPSA) is 61.3 Å². The second kappa shape index (κ2) is 6.70. The van der Waals surface area contributed by atoms with Gasteiger partial charge in [0.2, 0.25) is 0 Å². The molecular weight excluding hydrogens is 240 g/mol. The third-order valence-corrected chi connectivity index (χ3v) is 3.51. The van der Waals surface area contributed by atoms with Crippen LogP contribution in [0.15, 0.2) is 6.33 Å². The number of hydrogen-bond acceptors (Lipinski definition) is 5. The van der Waals surface area contributed by atoms with Crippen LogP contribution in [0.5, 0.6) is 0 Å². The second-order valence-electron chi connectivity index (χ2n) is 5.05. The monoisotopic (exact) mass is 264 g/mol. The fourth-order valence-electron chi connectivity index (χ4n) is 2.54. The van der Waals surface area contributed by atoms with Gasteiger partial charge in [-0.3, -0.25) is 0 Å². The number of β-amino-alcohol motifs (C(OH)–C–C–N with tert-alkyl or cyclic N) is 1. The third kappa shape index (κ3) is 3.35. The minimum absolute atomic E-state index is 0.236. The fourth-order valence-corrected chi connectivity index (χ4v) is 2.54. The van der Waals surface area contributed by atoms with E-state index in [-0.39, 0.29) is 6.10 Å². The van der Waals surface area contributed by atoms with E-state index in [1.54, 1.807) is 6.33 Å². The van der Waals surface area contributed by atoms with Crippen LogP contribution in [0.2, 0.25) is 0 Å². The highest BCUT2D eigenvalue weighted by Crippen LogP contribution is 2.26. The lowest BCUT2D eigenvalue weighted by atomic mass is 10.1. The highest BCUT2D eigenvalue weighted by molar-refractivity contribution is 5.59. The summed E-state index contributed by atoms with van der Waals surface area (Å²) in [6.45, 7) is 6.83. The molecule has 0 spiro atoms. The number of aliphatic hydroxyl groups is 1. The fraction of sp³-hybridized carbons (Fsp3) is 0.714. The van der Waals surface area contributed by atoms with Gasteiger partial charge in [-0.05, 0) is 25.7 Å². The molecule has 1 fully saturated rings. The molecule has 1 aromatic rings. The Bertz CT molecular complexity index is 410. The molecule has 0 amide bonds. The molecule has 0 aliphatic carbocycles. The Labute approximate surface area is 115 Å². The number of rotatable bonds is 5. The first kappa shape index (κ1) is 14.1. The van der Waals surface area contributed by atoms with Crippen LogP contribution in [0.3, 0.4) is 0 Å². The molecule has 0 saturated carbocycles. The van der Waals surface area contributed by atoms with Crippen LogP contribution in [0.1, 0.15) is 38.7 Å². The smallest absolute Gasteiger partial charge is 0.137 e. The van der Waals surface area contributed by atoms with Crippen molar-refractivity contribution in [2.75, 3.05) is 29.9 Å². The van der Waals surface area contributed by atoms with E-state index in [1.165, 1.54) is 0 Å². The Hall–Kier alpha value is -1.36. The van der Waals surface area contributed by atoms with Crippen molar-refractivity contribution in [2.24, 2.45) is 0 Å². The van der Waals surface area contributed by atoms with Gasteiger partial charge in [-0.25, -0.2) is 9.97 Å². The Morgan fingerprint density at radius 2 is 2.26 bits per heavy atom. The SMILES string of the molecule is CCCNc1ncnc(N2CCCC(O)C2)c1CC. The predicted molar refractivity (Wildman–Crippen MR) is 77.6 cm³/mol. The van der Waals surface area contributed by atoms with Crippen LogP contribution in [0.4, 0.5) is 11.6 Å². The summed E-state index contributed by atoms with van der Waals surface area (Å²) in [5.41, 5.74) is 1.16. The molecule has 1 atom stereocenters. The summed E-state index contributed by atoms with van der Waals surface area (Å²) in [5.74, 6) is 1.92. The molecule has 106 valence electrons. The summed E-state index contributed by atoms with van der Waals surface area (Å²) in [4.78, 5) is 11.0. The molecule has 0 bridgehead atoms. The number of anilines is 2. The standard InChI is InChI=1S/C14H24N4O/c1-3-7-15-13-12(4-2)14(17-10-16-13)18-8-5-6-11(19)9-18/h10-11,19H,3-9H2,1-2H3,(H,15,16,17). The molecule has 2 N–H and O–H groups in total. The molecule has 0 radical (unpaired) electrons. The van der Waals surface area contributed by atoms with Crippen molar-refractivity contribution in [1.29, 1.82) is 0 Å². The number of aromatic nitrogens is 2. The first-order valence-corrected chi connectivity index (χ1v) is 7.27. The quantitative estimate of drug-likeness (QED) is 0.849. The lowest BCUT2D eigenvalue weighted by molar-refractivity contribution is 0.154. The average molecular weight is 264 g/mol. The second-order valence-corrected chi connectivity index (χ2v) is 5.05. The summed E-state index contributed by atoms with van der Waals surface area (Å²) >= 11 is 0. The normalized spacial score (nSPS) is 19.5. The molecule has 1 unspecified atom stereocenters. The van der Waals surface area contributed by atoms with Crippen molar-refractivity contribution in [3.8, 4) is 0 Å². The Morgan fingerprint density at radius 3 is 2.95 bits per heavy atom. The van der Waals surface area contributed by atoms with Gasteiger partial charge in [0.15, 0.2) is 0 Å². The molecular formula is C14H24N4O. The molecule has 1 aliphatic heterocycles. The van der Waals surface area contributed by atoms with E-state index in [4.69, 9.17) is 0 Å². The molecule has 5 nitrogen and oxygen atoms in total. The Balaban J connectivity index is 2.23. The van der Waals surface area contributed by atoms with E-state index in [9.17, 15) is 5.11 Å². The van der Waals surface area contributed by atoms with Crippen LogP contribution < -0.4 is 10.2 Å². The van der Waals surface area contributed by atoms with Gasteiger partial charge in [0.1, 0.15) is 18.0 Å². The van der Waals surface area contributed by atoms with Gasteiger partial charge in [0.25, 0.3) is 0 Å². The number of nitrogens with zero attached hydrogens (tertiary/aromatic N) is 3. The molecule has 5 heteroatoms. The zero-order valence-corrected chi connectivity index (χ0v) is 11.9. The molecule has 1 saturated heterocycles. The van der Waals surface area contributed by atoms with E-state index >= 15 is 0 Å². The van der Waals surface area contributed by atoms with E-state index < -0.39 is 0 Å². The van der Waals surface area contributed by atoms with E-state index in [1.807, 2.05) is 0 Å². The first-order valence-electron chi connectivity index (χ1n) is 7.27. The minimum Gasteiger partial charge on any atom is -0.391 e. The maximum Gasteiger partial charge on any atom is 0.137 e. The molecule has 1 aliphatic rings. The lowest BCUT2D eigenvalue weighted by Crippen LogP contribution is -2.39. The predicted octanol–water partition coefficient (Wildman–Crippen LogP) is 1.82. The van der Waals surface area contributed by atoms with Crippen molar-refractivity contribution in [1.82, 2.24) is 9.97 Å². The maximum absolute atomic E-state index is 9.81. The van der Waals surface area contributed by atoms with Crippen LogP contribution in [0.25, 0.3) is 0 Å². The number of aliphatic hydroxyl groups excluding tert-OH is 1. The van der Waals surface area contributed by atoms with Crippen LogP contribution in [-0.2, 0) is 6.42 Å². The van der Waals surface area contributed by atoms with Gasteiger partial charge in [-0.2, -0.15) is 0 Å². The van der Waals surface area contributed by atoms with Crippen molar-refractivity contribution >= 4 is 11.6 Å². The summed E-state index contributed by atoms with van der Waals surface area (Å²) < 4.78 is 0. The van der Waals surface area contributed by atoms with E-state index in [0.29, 0.717) is 6.54 Å². The maximum atomic E-state index is 9.81. The van der Waals surface area contributed by atoms with Crippen molar-refractivity contribution < 1.29 is 5.11 Å². The summed E-state index contributed by atoms with van der Waals surface area (Å²) in [5, 5.41) is 13.2. The zero-order valence-electron chi connectivity index (χ0n) is 11.9. The van der Waals surface area contributed by atoms with E-state index in [2.05, 4.69) is 34.0 Å². The number of nitrogens with one attached hydrogen (secondary N) is 1. The van der Waals surface area contributed by atoms with Crippen molar-refractivity contribution in [2.45, 2.75) is 45.6 Å². The Kier molecular flexibility index (Phi) is 4.96. The van der Waals surface area contributed by atoms with E-state index in [0.717, 1.165) is 56.0 Å². The molecule has 2 rings (SSSR count). The highest BCUT2D eigenvalue weighted by atomic mass is 16.3. The largest absolute Gasteiger partial charge is 0.391 e. The van der Waals surface area contributed by atoms with Gasteiger partial charge in [-0.1, -0.05) is 13.8 Å². The van der Waals surface area contributed by atoms with Gasteiger partial charge in [0, 0.05) is 25.2 Å². The molecule has 2 heterocycles. The average Bonchev–Trinajstić information content (AvgIpc) is 2.44. The minimum atomic E-state index is -0.236. The first-order chi connectivity index (χ1) is 9.26. The molecule has 19 heavy (non-hydrogen) atoms. The third-order valence-electron chi connectivity index (χ3n) is 3.51. The van der Waals surface area contributed by atoms with Gasteiger partial charge < -0.3 is 15.3 Å². The summed E-state index contributed by atoms with van der Waals surface area (Å²) in [6.07, 6.45) is 5.27. The van der Waals surface area contributed by atoms with Gasteiger partial charge >= 0.3 is 0 Å². The van der Waals surface area contributed by atoms with Crippen molar-refractivity contribution in [3.63, 3.8) is 0 Å². The van der Waals surface area contributed by atoms with Crippen LogP contribution in [0, 0.1) is 0 Å². The highest BCUT2D eigenvalue weighted by Gasteiger charge is 2.22. The van der Waals surface area contributed by atoms with Gasteiger partial charge in [-0.15, -0.1) is 0 Å². The zero-order chi connectivity index (χ0) is 13.7. The summed E-state index contributed by atoms with van der Waals surface area (Å²) in [7, 11) is 0. The number of hydrogen-bond donors (Lipinski definition) is 2. The molecule has 1 aromatic heterocycles.